The van der Waals surface area contributed by atoms with E-state index in [1.54, 1.807) is 11.2 Å². The zero-order chi connectivity index (χ0) is 22.9. The van der Waals surface area contributed by atoms with E-state index < -0.39 is 6.23 Å². The van der Waals surface area contributed by atoms with E-state index >= 15 is 0 Å². The second kappa shape index (κ2) is 8.99. The van der Waals surface area contributed by atoms with E-state index in [-0.39, 0.29) is 6.17 Å². The van der Waals surface area contributed by atoms with Crippen LogP contribution in [0.15, 0.2) is 53.5 Å². The summed E-state index contributed by atoms with van der Waals surface area (Å²) in [5, 5.41) is 6.35. The highest BCUT2D eigenvalue weighted by atomic mass is 16.5. The summed E-state index contributed by atoms with van der Waals surface area (Å²) in [5.74, 6) is 0.985. The van der Waals surface area contributed by atoms with E-state index in [1.807, 2.05) is 19.2 Å². The van der Waals surface area contributed by atoms with Crippen LogP contribution < -0.4 is 5.73 Å². The molecule has 3 aliphatic heterocycles. The van der Waals surface area contributed by atoms with Crippen molar-refractivity contribution in [2.24, 2.45) is 5.10 Å². The van der Waals surface area contributed by atoms with Crippen molar-refractivity contribution in [3.63, 3.8) is 0 Å². The van der Waals surface area contributed by atoms with Gasteiger partial charge < -0.3 is 20.3 Å². The lowest BCUT2D eigenvalue weighted by Gasteiger charge is -2.41. The number of allylic oxidation sites excluding steroid dienone is 5. The Balaban J connectivity index is 1.33. The Bertz CT molecular complexity index is 1050. The molecule has 1 aliphatic carbocycles. The standard InChI is InChI=1S/C24H32N8O/c1-29-11-13-32(14-12-29)20-10-9-18(16-30(20)2)19-15-26-22(25)21(27-19)24-31(3)28-23(33-24)17-7-5-4-6-8-17/h4-5,7,9-10,15-16,20,24H,6,8,11-14H2,1-3H3,(H2,25,26)/t20-,24+/m0/s1. The lowest BCUT2D eigenvalue weighted by atomic mass is 10.1. The number of nitrogens with two attached hydrogens (primary N) is 1. The monoisotopic (exact) mass is 448 g/mol. The van der Waals surface area contributed by atoms with Crippen LogP contribution in [0, 0.1) is 0 Å². The molecule has 0 spiro atoms. The highest BCUT2D eigenvalue weighted by Crippen LogP contribution is 2.33. The number of hydrogen-bond donors (Lipinski definition) is 1. The molecule has 9 heteroatoms. The third-order valence-corrected chi connectivity index (χ3v) is 6.58. The molecule has 1 fully saturated rings. The molecule has 1 aromatic rings. The van der Waals surface area contributed by atoms with Crippen LogP contribution >= 0.6 is 0 Å². The van der Waals surface area contributed by atoms with Gasteiger partial charge in [0.25, 0.3) is 0 Å². The van der Waals surface area contributed by atoms with Gasteiger partial charge in [0.2, 0.25) is 12.1 Å². The summed E-state index contributed by atoms with van der Waals surface area (Å²) in [6.45, 7) is 4.30. The number of nitrogens with zero attached hydrogens (tertiary/aromatic N) is 7. The van der Waals surface area contributed by atoms with Gasteiger partial charge in [-0.25, -0.2) is 9.97 Å². The fourth-order valence-electron chi connectivity index (χ4n) is 4.57. The van der Waals surface area contributed by atoms with E-state index in [0.29, 0.717) is 17.4 Å². The summed E-state index contributed by atoms with van der Waals surface area (Å²) in [7, 11) is 6.16. The van der Waals surface area contributed by atoms with Crippen molar-refractivity contribution in [1.29, 1.82) is 0 Å². The predicted molar refractivity (Wildman–Crippen MR) is 130 cm³/mol. The number of piperazine rings is 1. The number of hydrazone groups is 1. The average molecular weight is 449 g/mol. The molecular weight excluding hydrogens is 416 g/mol. The molecule has 1 aromatic heterocycles. The van der Waals surface area contributed by atoms with Crippen LogP contribution in [-0.2, 0) is 4.74 Å². The summed E-state index contributed by atoms with van der Waals surface area (Å²) >= 11 is 0. The van der Waals surface area contributed by atoms with Gasteiger partial charge >= 0.3 is 0 Å². The van der Waals surface area contributed by atoms with Crippen molar-refractivity contribution in [3.8, 4) is 0 Å². The van der Waals surface area contributed by atoms with E-state index in [1.165, 1.54) is 0 Å². The molecule has 5 rings (SSSR count). The molecule has 2 atom stereocenters. The van der Waals surface area contributed by atoms with Crippen LogP contribution in [0.1, 0.15) is 30.5 Å². The lowest BCUT2D eigenvalue weighted by molar-refractivity contribution is 0.0735. The predicted octanol–water partition coefficient (Wildman–Crippen LogP) is 2.03. The van der Waals surface area contributed by atoms with E-state index in [0.717, 1.165) is 55.9 Å². The second-order valence-electron chi connectivity index (χ2n) is 9.00. The zero-order valence-corrected chi connectivity index (χ0v) is 19.6. The van der Waals surface area contributed by atoms with Crippen molar-refractivity contribution >= 4 is 17.3 Å². The Morgan fingerprint density at radius 3 is 2.67 bits per heavy atom. The third-order valence-electron chi connectivity index (χ3n) is 6.58. The molecule has 4 heterocycles. The maximum atomic E-state index is 6.23. The molecule has 33 heavy (non-hydrogen) atoms. The van der Waals surface area contributed by atoms with Crippen LogP contribution in [0.25, 0.3) is 5.57 Å². The maximum Gasteiger partial charge on any atom is 0.236 e. The van der Waals surface area contributed by atoms with Crippen molar-refractivity contribution in [2.75, 3.05) is 53.1 Å². The molecule has 9 nitrogen and oxygen atoms in total. The number of ether oxygens (including phenoxy) is 1. The molecule has 2 N–H and O–H groups in total. The minimum Gasteiger partial charge on any atom is -0.445 e. The molecule has 0 bridgehead atoms. The largest absolute Gasteiger partial charge is 0.445 e. The first-order chi connectivity index (χ1) is 16.0. The molecule has 0 radical (unpaired) electrons. The van der Waals surface area contributed by atoms with Gasteiger partial charge in [0, 0.05) is 57.6 Å². The van der Waals surface area contributed by atoms with Gasteiger partial charge in [-0.1, -0.05) is 24.3 Å². The van der Waals surface area contributed by atoms with Crippen LogP contribution in [-0.4, -0.2) is 89.1 Å². The van der Waals surface area contributed by atoms with Gasteiger partial charge in [-0.2, -0.15) is 0 Å². The number of hydrogen-bond acceptors (Lipinski definition) is 9. The van der Waals surface area contributed by atoms with Crippen LogP contribution in [0.3, 0.4) is 0 Å². The molecule has 0 unspecified atom stereocenters. The zero-order valence-electron chi connectivity index (χ0n) is 19.6. The topological polar surface area (TPSA) is 86.3 Å². The molecule has 174 valence electrons. The SMILES string of the molecule is CN1CCN([C@H]2C=CC(c3cnc(N)c([C@H]4OC(C5=CC=CCC5)=NN4C)n3)=CN2C)CC1. The van der Waals surface area contributed by atoms with Crippen LogP contribution in [0.2, 0.25) is 0 Å². The second-order valence-corrected chi connectivity index (χ2v) is 9.00. The van der Waals surface area contributed by atoms with Gasteiger partial charge in [-0.3, -0.25) is 9.91 Å². The maximum absolute atomic E-state index is 6.23. The first-order valence-corrected chi connectivity index (χ1v) is 11.5. The fraction of sp³-hybridized carbons (Fsp3) is 0.458. The lowest BCUT2D eigenvalue weighted by Crippen LogP contribution is -2.53. The number of rotatable bonds is 4. The minimum absolute atomic E-state index is 0.252. The number of anilines is 1. The molecule has 0 aromatic carbocycles. The highest BCUT2D eigenvalue weighted by Gasteiger charge is 2.32. The minimum atomic E-state index is -0.497. The van der Waals surface area contributed by atoms with Crippen LogP contribution in [0.4, 0.5) is 5.82 Å². The van der Waals surface area contributed by atoms with E-state index in [2.05, 4.69) is 63.3 Å². The van der Waals surface area contributed by atoms with E-state index in [4.69, 9.17) is 15.5 Å². The van der Waals surface area contributed by atoms with Crippen molar-refractivity contribution in [3.05, 3.63) is 59.7 Å². The number of nitrogen functional groups attached to an aromatic ring is 1. The van der Waals surface area contributed by atoms with Crippen molar-refractivity contribution < 1.29 is 4.74 Å². The first kappa shape index (κ1) is 21.7. The van der Waals surface area contributed by atoms with Gasteiger partial charge in [0.1, 0.15) is 11.9 Å². The van der Waals surface area contributed by atoms with Gasteiger partial charge in [0.05, 0.1) is 11.9 Å². The summed E-state index contributed by atoms with van der Waals surface area (Å²) in [6.07, 6.45) is 16.1. The normalized spacial score (nSPS) is 26.2. The van der Waals surface area contributed by atoms with Gasteiger partial charge in [-0.05, 0) is 26.0 Å². The number of aromatic nitrogens is 2. The molecule has 1 saturated heterocycles. The summed E-state index contributed by atoms with van der Waals surface area (Å²) in [6, 6.07) is 0. The quantitative estimate of drug-likeness (QED) is 0.749. The Labute approximate surface area is 195 Å². The van der Waals surface area contributed by atoms with Crippen LogP contribution in [0.5, 0.6) is 0 Å². The smallest absolute Gasteiger partial charge is 0.236 e. The molecule has 0 saturated carbocycles. The Morgan fingerprint density at radius 1 is 1.12 bits per heavy atom. The third kappa shape index (κ3) is 4.38. The molecular formula is C24H32N8O. The number of likely N-dealkylation sites (N-methyl/N-ethyl adjacent to an activating group) is 2. The van der Waals surface area contributed by atoms with Crippen molar-refractivity contribution in [1.82, 2.24) is 29.7 Å². The highest BCUT2D eigenvalue weighted by molar-refractivity contribution is 5.94. The van der Waals surface area contributed by atoms with Gasteiger partial charge in [-0.15, -0.1) is 5.10 Å². The Kier molecular flexibility index (Phi) is 5.90. The summed E-state index contributed by atoms with van der Waals surface area (Å²) in [4.78, 5) is 16.4. The summed E-state index contributed by atoms with van der Waals surface area (Å²) in [5.41, 5.74) is 9.66. The van der Waals surface area contributed by atoms with E-state index in [9.17, 15) is 0 Å². The van der Waals surface area contributed by atoms with Gasteiger partial charge in [0.15, 0.2) is 5.82 Å². The Hall–Kier alpha value is -3.17. The first-order valence-electron chi connectivity index (χ1n) is 11.5. The Morgan fingerprint density at radius 2 is 1.94 bits per heavy atom. The molecule has 4 aliphatic rings. The average Bonchev–Trinajstić information content (AvgIpc) is 3.22. The summed E-state index contributed by atoms with van der Waals surface area (Å²) < 4.78 is 6.18. The van der Waals surface area contributed by atoms with Crippen molar-refractivity contribution in [2.45, 2.75) is 25.2 Å². The molecule has 0 amide bonds. The fourth-order valence-corrected chi connectivity index (χ4v) is 4.57.